The van der Waals surface area contributed by atoms with E-state index in [2.05, 4.69) is 55.4 Å². The fourth-order valence-electron chi connectivity index (χ4n) is 11.0. The highest BCUT2D eigenvalue weighted by Crippen LogP contribution is 2.45. The lowest BCUT2D eigenvalue weighted by Gasteiger charge is -2.21. The van der Waals surface area contributed by atoms with Crippen LogP contribution in [0.15, 0.2) is 0 Å². The number of aliphatic hydroxyl groups is 1. The predicted octanol–water partition coefficient (Wildman–Crippen LogP) is 20.9. The van der Waals surface area contributed by atoms with Crippen LogP contribution in [-0.2, 0) is 65.4 Å². The molecule has 0 aliphatic carbocycles. The average molecular weight is 1350 g/mol. The number of unbranched alkanes of at least 4 members (excludes halogenated alkanes) is 36. The molecule has 0 fully saturated rings. The number of phosphoric ester groups is 2. The second kappa shape index (κ2) is 62.6. The zero-order valence-corrected chi connectivity index (χ0v) is 62.0. The maximum atomic E-state index is 13.1. The Hall–Kier alpha value is -1.94. The van der Waals surface area contributed by atoms with E-state index < -0.39 is 97.5 Å². The van der Waals surface area contributed by atoms with Crippen LogP contribution in [0.25, 0.3) is 0 Å². The van der Waals surface area contributed by atoms with Gasteiger partial charge in [0.05, 0.1) is 26.4 Å². The van der Waals surface area contributed by atoms with E-state index in [1.54, 1.807) is 0 Å². The van der Waals surface area contributed by atoms with Crippen LogP contribution >= 0.6 is 15.6 Å². The molecule has 0 saturated carbocycles. The van der Waals surface area contributed by atoms with Crippen LogP contribution in [0, 0.1) is 23.7 Å². The van der Waals surface area contributed by atoms with Gasteiger partial charge >= 0.3 is 39.5 Å². The molecule has 0 aliphatic rings. The summed E-state index contributed by atoms with van der Waals surface area (Å²) in [6, 6.07) is 0. The van der Waals surface area contributed by atoms with Crippen molar-refractivity contribution in [2.45, 2.75) is 382 Å². The minimum absolute atomic E-state index is 0.103. The normalized spacial score (nSPS) is 14.2. The molecular formula is C73H142O17P2. The first-order valence-electron chi connectivity index (χ1n) is 37.7. The Morgan fingerprint density at radius 2 is 0.457 bits per heavy atom. The molecule has 0 spiro atoms. The lowest BCUT2D eigenvalue weighted by molar-refractivity contribution is -0.161. The van der Waals surface area contributed by atoms with Gasteiger partial charge < -0.3 is 33.8 Å². The molecule has 17 nitrogen and oxygen atoms in total. The summed E-state index contributed by atoms with van der Waals surface area (Å²) in [6.45, 7) is 14.1. The maximum absolute atomic E-state index is 13.1. The molecule has 0 aromatic heterocycles. The summed E-state index contributed by atoms with van der Waals surface area (Å²) < 4.78 is 68.4. The third kappa shape index (κ3) is 66.7. The lowest BCUT2D eigenvalue weighted by Crippen LogP contribution is -2.30. The van der Waals surface area contributed by atoms with Crippen molar-refractivity contribution in [3.8, 4) is 0 Å². The van der Waals surface area contributed by atoms with Gasteiger partial charge in [-0.05, 0) is 49.4 Å². The molecule has 92 heavy (non-hydrogen) atoms. The fourth-order valence-corrected chi connectivity index (χ4v) is 12.6. The van der Waals surface area contributed by atoms with E-state index in [9.17, 15) is 43.2 Å². The molecule has 19 heteroatoms. The van der Waals surface area contributed by atoms with Crippen LogP contribution in [0.5, 0.6) is 0 Å². The number of phosphoric acid groups is 2. The first-order valence-corrected chi connectivity index (χ1v) is 40.7. The Labute approximate surface area is 562 Å². The second-order valence-corrected chi connectivity index (χ2v) is 31.1. The first-order chi connectivity index (χ1) is 44.1. The Morgan fingerprint density at radius 1 is 0.272 bits per heavy atom. The number of carbonyl (C=O) groups excluding carboxylic acids is 4. The zero-order valence-electron chi connectivity index (χ0n) is 60.2. The van der Waals surface area contributed by atoms with Crippen molar-refractivity contribution >= 4 is 39.5 Å². The van der Waals surface area contributed by atoms with Crippen molar-refractivity contribution in [3.05, 3.63) is 0 Å². The third-order valence-electron chi connectivity index (χ3n) is 16.8. The number of ether oxygens (including phenoxy) is 4. The van der Waals surface area contributed by atoms with Crippen LogP contribution in [0.1, 0.15) is 364 Å². The molecule has 0 amide bonds. The van der Waals surface area contributed by atoms with Crippen molar-refractivity contribution < 1.29 is 80.2 Å². The average Bonchev–Trinajstić information content (AvgIpc) is 1.97. The minimum atomic E-state index is -4.96. The molecule has 0 bridgehead atoms. The highest BCUT2D eigenvalue weighted by Gasteiger charge is 2.30. The summed E-state index contributed by atoms with van der Waals surface area (Å²) in [5.41, 5.74) is 0. The SMILES string of the molecule is CC(C)CCCCCCCCCCCCCCCCCC(=O)O[C@H](COC(=O)CCCCCCCCCCCCCC(C)C)COP(=O)(O)OC[C@@H](O)COP(=O)(O)OC[C@@H](COC(=O)CCCCCCCCC(C)C)OC(=O)CCCCCCCCCCC(C)C. The molecule has 2 unspecified atom stereocenters. The number of hydrogen-bond acceptors (Lipinski definition) is 15. The predicted molar refractivity (Wildman–Crippen MR) is 372 cm³/mol. The lowest BCUT2D eigenvalue weighted by atomic mass is 10.0. The van der Waals surface area contributed by atoms with Gasteiger partial charge in [-0.2, -0.15) is 0 Å². The fraction of sp³-hybridized carbons (Fsp3) is 0.945. The smallest absolute Gasteiger partial charge is 0.462 e. The summed E-state index contributed by atoms with van der Waals surface area (Å²) in [4.78, 5) is 72.6. The van der Waals surface area contributed by atoms with E-state index in [0.29, 0.717) is 31.6 Å². The maximum Gasteiger partial charge on any atom is 0.472 e. The van der Waals surface area contributed by atoms with E-state index in [-0.39, 0.29) is 25.7 Å². The molecule has 546 valence electrons. The summed E-state index contributed by atoms with van der Waals surface area (Å²) in [5, 5.41) is 10.6. The van der Waals surface area contributed by atoms with Crippen LogP contribution in [0.4, 0.5) is 0 Å². The second-order valence-electron chi connectivity index (χ2n) is 28.2. The van der Waals surface area contributed by atoms with Crippen LogP contribution in [0.2, 0.25) is 0 Å². The Balaban J connectivity index is 5.23. The molecule has 0 aromatic rings. The Bertz CT molecular complexity index is 1820. The van der Waals surface area contributed by atoms with E-state index in [1.165, 1.54) is 161 Å². The molecule has 0 radical (unpaired) electrons. The molecular weight excluding hydrogens is 1210 g/mol. The quantitative estimate of drug-likeness (QED) is 0.0222. The zero-order chi connectivity index (χ0) is 68.2. The molecule has 0 saturated heterocycles. The first kappa shape index (κ1) is 90.1. The molecule has 5 atom stereocenters. The van der Waals surface area contributed by atoms with Gasteiger partial charge in [-0.1, -0.05) is 312 Å². The molecule has 0 rings (SSSR count). The van der Waals surface area contributed by atoms with Crippen LogP contribution in [0.3, 0.4) is 0 Å². The van der Waals surface area contributed by atoms with Gasteiger partial charge in [0.25, 0.3) is 0 Å². The van der Waals surface area contributed by atoms with Crippen molar-refractivity contribution in [3.63, 3.8) is 0 Å². The van der Waals surface area contributed by atoms with Gasteiger partial charge in [0.2, 0.25) is 0 Å². The standard InChI is InChI=1S/C73H142O17P2/c1-63(2)49-41-33-25-19-15-12-10-9-11-13-17-22-29-39-47-55-72(77)89-68(59-83-70(75)53-45-37-28-21-18-14-16-20-26-34-42-50-64(3)4)61-87-91(79,80)85-57-67(74)58-86-92(81,82)88-62-69(60-84-71(76)54-46-38-32-31-36-44-52-66(7)8)90-73(78)56-48-40-30-24-23-27-35-43-51-65(5)6/h63-69,74H,9-62H2,1-8H3,(H,79,80)(H,81,82)/t67-,68-,69-/m1/s1. The number of esters is 4. The summed E-state index contributed by atoms with van der Waals surface area (Å²) in [5.74, 6) is 0.843. The van der Waals surface area contributed by atoms with Crippen molar-refractivity contribution in [2.24, 2.45) is 23.7 Å². The highest BCUT2D eigenvalue weighted by molar-refractivity contribution is 7.47. The minimum Gasteiger partial charge on any atom is -0.462 e. The largest absolute Gasteiger partial charge is 0.472 e. The van der Waals surface area contributed by atoms with Gasteiger partial charge in [-0.25, -0.2) is 9.13 Å². The monoisotopic (exact) mass is 1350 g/mol. The molecule has 0 aliphatic heterocycles. The van der Waals surface area contributed by atoms with Gasteiger partial charge in [0.1, 0.15) is 19.3 Å². The number of aliphatic hydroxyl groups excluding tert-OH is 1. The molecule has 0 heterocycles. The van der Waals surface area contributed by atoms with Gasteiger partial charge in [0, 0.05) is 25.7 Å². The molecule has 0 aromatic carbocycles. The number of carbonyl (C=O) groups is 4. The summed E-state index contributed by atoms with van der Waals surface area (Å²) in [6.07, 6.45) is 46.0. The van der Waals surface area contributed by atoms with E-state index in [0.717, 1.165) is 114 Å². The van der Waals surface area contributed by atoms with E-state index in [1.807, 2.05) is 0 Å². The summed E-state index contributed by atoms with van der Waals surface area (Å²) >= 11 is 0. The van der Waals surface area contributed by atoms with Gasteiger partial charge in [0.15, 0.2) is 12.2 Å². The topological polar surface area (TPSA) is 237 Å². The van der Waals surface area contributed by atoms with Gasteiger partial charge in [-0.3, -0.25) is 37.3 Å². The van der Waals surface area contributed by atoms with E-state index >= 15 is 0 Å². The number of rotatable bonds is 70. The highest BCUT2D eigenvalue weighted by atomic mass is 31.2. The Kier molecular flexibility index (Phi) is 61.3. The Morgan fingerprint density at radius 3 is 0.674 bits per heavy atom. The number of hydrogen-bond donors (Lipinski definition) is 3. The van der Waals surface area contributed by atoms with E-state index in [4.69, 9.17) is 37.0 Å². The van der Waals surface area contributed by atoms with Crippen LogP contribution in [-0.4, -0.2) is 96.7 Å². The summed E-state index contributed by atoms with van der Waals surface area (Å²) in [7, 11) is -9.91. The van der Waals surface area contributed by atoms with Crippen molar-refractivity contribution in [2.75, 3.05) is 39.6 Å². The molecule has 3 N–H and O–H groups in total. The van der Waals surface area contributed by atoms with Crippen LogP contribution < -0.4 is 0 Å². The van der Waals surface area contributed by atoms with Crippen molar-refractivity contribution in [1.82, 2.24) is 0 Å². The third-order valence-corrected chi connectivity index (χ3v) is 18.7. The van der Waals surface area contributed by atoms with Crippen molar-refractivity contribution in [1.29, 1.82) is 0 Å². The van der Waals surface area contributed by atoms with Gasteiger partial charge in [-0.15, -0.1) is 0 Å².